The number of aromatic nitrogens is 15. The molecule has 8 unspecified atom stereocenters. The molecule has 4 fully saturated rings. The fourth-order valence-corrected chi connectivity index (χ4v) is 19.0. The highest BCUT2D eigenvalue weighted by Crippen LogP contribution is 2.46. The number of amides is 4. The fourth-order valence-electron chi connectivity index (χ4n) is 19.0. The Morgan fingerprint density at radius 2 is 0.772 bits per heavy atom. The fraction of sp³-hybridized carbons (Fsp3) is 0.348. The van der Waals surface area contributed by atoms with Gasteiger partial charge in [-0.05, 0) is 137 Å². The summed E-state index contributed by atoms with van der Waals surface area (Å²) in [4.78, 5) is 108. The maximum atomic E-state index is 13.3. The molecule has 3 aliphatic carbocycles. The van der Waals surface area contributed by atoms with Gasteiger partial charge in [-0.2, -0.15) is 35.7 Å². The molecule has 5 aliphatic heterocycles. The average Bonchev–Trinajstić information content (AvgIpc) is 1.19. The van der Waals surface area contributed by atoms with Crippen molar-refractivity contribution in [2.45, 2.75) is 167 Å². The topological polar surface area (TPSA) is 390 Å². The van der Waals surface area contributed by atoms with E-state index >= 15 is 0 Å². The second kappa shape index (κ2) is 42.5. The lowest BCUT2D eigenvalue weighted by Gasteiger charge is -2.40. The zero-order valence-electron chi connectivity index (χ0n) is 81.7. The number of fused-ring (bicyclic) bond motifs is 5. The van der Waals surface area contributed by atoms with Crippen LogP contribution in [0.1, 0.15) is 250 Å². The van der Waals surface area contributed by atoms with Crippen LogP contribution < -0.4 is 21.7 Å². The van der Waals surface area contributed by atoms with Crippen LogP contribution in [-0.4, -0.2) is 214 Å². The van der Waals surface area contributed by atoms with Gasteiger partial charge in [0, 0.05) is 125 Å². The Morgan fingerprint density at radius 3 is 1.14 bits per heavy atom. The van der Waals surface area contributed by atoms with Gasteiger partial charge in [0.1, 0.15) is 24.7 Å². The van der Waals surface area contributed by atoms with E-state index in [0.29, 0.717) is 79.7 Å². The number of aliphatic hydroxyl groups is 1. The van der Waals surface area contributed by atoms with Gasteiger partial charge in [0.15, 0.2) is 62.9 Å². The minimum atomic E-state index is -0.715. The number of ether oxygens (including phenoxy) is 1. The molecule has 3 saturated carbocycles. The van der Waals surface area contributed by atoms with Crippen LogP contribution in [0.2, 0.25) is 0 Å². The molecule has 4 amide bonds. The number of aromatic hydroxyl groups is 4. The Balaban J connectivity index is 0.000000127. The van der Waals surface area contributed by atoms with Gasteiger partial charge in [-0.1, -0.05) is 200 Å². The quantitative estimate of drug-likeness (QED) is 0.0595. The van der Waals surface area contributed by atoms with Crippen molar-refractivity contribution >= 4 is 34.5 Å². The van der Waals surface area contributed by atoms with Crippen molar-refractivity contribution in [3.8, 4) is 94.0 Å². The van der Waals surface area contributed by atoms with E-state index in [1.807, 2.05) is 166 Å². The van der Waals surface area contributed by atoms with Gasteiger partial charge in [0.05, 0.1) is 84.8 Å². The molecule has 13 heterocycles. The molecule has 13 aromatic rings. The van der Waals surface area contributed by atoms with Crippen LogP contribution in [0.15, 0.2) is 208 Å². The first-order valence-corrected chi connectivity index (χ1v) is 48.8. The molecule has 0 bridgehead atoms. The van der Waals surface area contributed by atoms with Gasteiger partial charge in [-0.3, -0.25) is 57.1 Å². The minimum Gasteiger partial charge on any atom is -0.502 e. The molecule has 736 valence electrons. The van der Waals surface area contributed by atoms with Gasteiger partial charge < -0.3 is 54.4 Å². The maximum absolute atomic E-state index is 13.3. The highest BCUT2D eigenvalue weighted by molar-refractivity contribution is 5.98. The van der Waals surface area contributed by atoms with Crippen LogP contribution in [0.5, 0.6) is 23.0 Å². The van der Waals surface area contributed by atoms with E-state index < -0.39 is 105 Å². The lowest BCUT2D eigenvalue weighted by Crippen LogP contribution is -2.50. The van der Waals surface area contributed by atoms with Crippen molar-refractivity contribution in [3.63, 3.8) is 0 Å². The molecule has 5 aromatic carbocycles. The van der Waals surface area contributed by atoms with E-state index in [1.54, 1.807) is 44.4 Å². The van der Waals surface area contributed by atoms with Crippen molar-refractivity contribution < 1.29 is 49.4 Å². The summed E-state index contributed by atoms with van der Waals surface area (Å²) in [6.45, 7) is 16.8. The number of likely N-dealkylation sites (N-methyl/N-ethyl adjacent to an activating group) is 2. The number of hydrogen-bond acceptors (Lipinski definition) is 21. The molecule has 0 spiro atoms. The summed E-state index contributed by atoms with van der Waals surface area (Å²) in [7, 11) is 3.34. The van der Waals surface area contributed by atoms with E-state index in [4.69, 9.17) is 20.0 Å². The van der Waals surface area contributed by atoms with Crippen molar-refractivity contribution in [1.29, 1.82) is 0 Å². The third-order valence-corrected chi connectivity index (χ3v) is 27.2. The molecule has 8 aliphatic rings. The van der Waals surface area contributed by atoms with E-state index in [2.05, 4.69) is 146 Å². The molecular weight excluding hydrogens is 1840 g/mol. The van der Waals surface area contributed by atoms with Crippen LogP contribution in [-0.2, 0) is 11.3 Å². The SMILES string of the molecule is CC(C)N1CC(C(c2ccccc2)n2cc(C#CC3CC3)c(C#CC3CC3)n2)n2ncc(=O)c(O)c2C1=O.CCC#Cc1nn(C(c2ccccc2)C2CN(C(C)C)C(=O)c3c(O)c(=O)cnn32)cc1C#CCO.CCn1cc(C(c2ccccc2)C2CN(C)C(=O)c3c(O)c(=O)cnn32)c2ccc(C)cc21.CN1CC(C(c2ccccc2)n2cc(C#CC3COC3)c(C#CC3CCC3)n2)n2ncc(=O)c(O)c2C1=O. The summed E-state index contributed by atoms with van der Waals surface area (Å²) < 4.78 is 18.8. The normalized spacial score (nSPS) is 17.9. The number of carbonyl (C=O) groups excluding carboxylic acids is 4. The number of aliphatic hydroxyl groups excluding tert-OH is 1. The lowest BCUT2D eigenvalue weighted by atomic mass is 9.83. The Bertz CT molecular complexity index is 7710. The zero-order chi connectivity index (χ0) is 102. The summed E-state index contributed by atoms with van der Waals surface area (Å²) in [5, 5.41) is 84.5. The second-order valence-corrected chi connectivity index (χ2v) is 37.9. The van der Waals surface area contributed by atoms with Gasteiger partial charge in [-0.25, -0.2) is 14.0 Å². The van der Waals surface area contributed by atoms with Crippen LogP contribution in [0.25, 0.3) is 10.9 Å². The molecule has 21 rings (SSSR count). The molecule has 1 saturated heterocycles. The molecule has 145 heavy (non-hydrogen) atoms. The van der Waals surface area contributed by atoms with Crippen molar-refractivity contribution in [2.75, 3.05) is 60.1 Å². The number of rotatable bonds is 15. The van der Waals surface area contributed by atoms with Crippen molar-refractivity contribution in [3.05, 3.63) is 320 Å². The Hall–Kier alpha value is -16.9. The van der Waals surface area contributed by atoms with Crippen LogP contribution in [0.4, 0.5) is 0 Å². The summed E-state index contributed by atoms with van der Waals surface area (Å²) in [5.41, 5.74) is 7.95. The molecule has 5 N–H and O–H groups in total. The first-order valence-electron chi connectivity index (χ1n) is 48.8. The van der Waals surface area contributed by atoms with E-state index in [0.717, 1.165) is 120 Å². The maximum Gasteiger partial charge on any atom is 0.276 e. The molecule has 33 heteroatoms. The predicted octanol–water partition coefficient (Wildman–Crippen LogP) is 11.2. The third-order valence-electron chi connectivity index (χ3n) is 27.2. The highest BCUT2D eigenvalue weighted by atomic mass is 16.5. The van der Waals surface area contributed by atoms with E-state index in [-0.39, 0.29) is 65.9 Å². The van der Waals surface area contributed by atoms with Crippen LogP contribution in [0, 0.1) is 102 Å². The average molecular weight is 1950 g/mol. The number of aryl methyl sites for hydroxylation is 2. The third kappa shape index (κ3) is 20.4. The van der Waals surface area contributed by atoms with Gasteiger partial charge in [0.2, 0.25) is 21.7 Å². The Kier molecular flexibility index (Phi) is 28.8. The van der Waals surface area contributed by atoms with E-state index in [1.165, 1.54) is 30.9 Å². The molecule has 8 atom stereocenters. The van der Waals surface area contributed by atoms with Gasteiger partial charge in [0.25, 0.3) is 23.6 Å². The molecule has 33 nitrogen and oxygen atoms in total. The minimum absolute atomic E-state index is 0.0581. The number of benzene rings is 5. The number of nitrogens with zero attached hydrogens (tertiary/aromatic N) is 19. The zero-order valence-corrected chi connectivity index (χ0v) is 81.7. The van der Waals surface area contributed by atoms with Crippen LogP contribution >= 0.6 is 0 Å². The van der Waals surface area contributed by atoms with Crippen molar-refractivity contribution in [1.82, 2.24) is 92.6 Å². The first kappa shape index (κ1) is 98.3. The standard InChI is InChI=1S/C30H29N5O3.C29H27N5O4.C27H27N5O4.C26H26N4O3/c1-19(2)33-18-25(35-28(30(33)38)29(37)26(36)16-31-35)27(22-6-4-3-5-7-22)34-17-23(14-12-20-8-9-20)24(32-34)15-13-21-10-11-21;1-32-16-24(34-27(29(32)37)28(36)25(35)14-30-34)26(21-8-3-2-4-9-21)33-15-22(12-10-20-17-38-18-20)23(31-33)13-11-19-6-5-7-19;1-4-5-13-21-20(12-9-14-33)16-31(29-21)24(19-10-7-6-8-11-19)22-17-30(18(2)3)27(36)25-26(35)23(34)15-28-32(22)25;1-4-29-14-19(18-11-10-16(2)12-20(18)29)23(17-8-6-5-7-9-17)21-15-28(3)26(33)24-25(32)22(31)13-27-30(21)24/h3-7,16-17,19-21,25,27,37H,8-11,18H2,1-2H3;2-4,8-9,14-15,19-20,24,26,36H,5-7,16-18H2,1H3;6-8,10-11,15-16,18,22,24,33,35H,4,14,17H2,1-3H3;5-14,21,23,32H,4,15H2,1-3H3. The first-order chi connectivity index (χ1) is 70.2. The summed E-state index contributed by atoms with van der Waals surface area (Å²) >= 11 is 0. The second-order valence-electron chi connectivity index (χ2n) is 37.9. The lowest BCUT2D eigenvalue weighted by molar-refractivity contribution is -0.00301. The summed E-state index contributed by atoms with van der Waals surface area (Å²) in [5.74, 6) is 35.2. The van der Waals surface area contributed by atoms with Gasteiger partial charge in [-0.15, -0.1) is 0 Å². The summed E-state index contributed by atoms with van der Waals surface area (Å²) in [6.07, 6.45) is 20.5. The molecule has 8 aromatic heterocycles. The Morgan fingerprint density at radius 1 is 0.407 bits per heavy atom. The monoisotopic (exact) mass is 1940 g/mol. The van der Waals surface area contributed by atoms with Crippen molar-refractivity contribution in [2.24, 2.45) is 23.7 Å². The largest absolute Gasteiger partial charge is 0.502 e. The van der Waals surface area contributed by atoms with Crippen LogP contribution in [0.3, 0.4) is 0 Å². The smallest absolute Gasteiger partial charge is 0.276 e. The number of hydrogen-bond donors (Lipinski definition) is 5. The van der Waals surface area contributed by atoms with E-state index in [9.17, 15) is 63.9 Å². The molecule has 0 radical (unpaired) electrons. The number of carbonyl (C=O) groups is 4. The Labute approximate surface area is 836 Å². The van der Waals surface area contributed by atoms with Gasteiger partial charge >= 0.3 is 0 Å². The predicted molar refractivity (Wildman–Crippen MR) is 540 cm³/mol. The highest BCUT2D eigenvalue weighted by Gasteiger charge is 2.46. The summed E-state index contributed by atoms with van der Waals surface area (Å²) in [6, 6.07) is 42.5. The molecular formula is C112H109N19O14.